The maximum atomic E-state index is 13.0. The van der Waals surface area contributed by atoms with Crippen LogP contribution in [0.5, 0.6) is 0 Å². The first-order chi connectivity index (χ1) is 9.06. The van der Waals surface area contributed by atoms with Gasteiger partial charge >= 0.3 is 0 Å². The lowest BCUT2D eigenvalue weighted by Crippen LogP contribution is -2.38. The molecule has 1 N–H and O–H groups in total. The summed E-state index contributed by atoms with van der Waals surface area (Å²) in [5.41, 5.74) is 0.386. The van der Waals surface area contributed by atoms with Gasteiger partial charge in [-0.15, -0.1) is 0 Å². The summed E-state index contributed by atoms with van der Waals surface area (Å²) in [6.07, 6.45) is 0.540. The minimum atomic E-state index is -0.404. The first-order valence-corrected chi connectivity index (χ1v) is 6.75. The fourth-order valence-electron chi connectivity index (χ4n) is 2.28. The minimum absolute atomic E-state index is 0.0691. The van der Waals surface area contributed by atoms with E-state index in [1.165, 1.54) is 18.2 Å². The van der Waals surface area contributed by atoms with Crippen molar-refractivity contribution >= 4 is 21.8 Å². The summed E-state index contributed by atoms with van der Waals surface area (Å²) < 4.78 is 18.7. The maximum absolute atomic E-state index is 13.0. The molecule has 19 heavy (non-hydrogen) atoms. The van der Waals surface area contributed by atoms with Crippen LogP contribution in [0.15, 0.2) is 22.7 Å². The number of rotatable bonds is 3. The molecule has 2 rings (SSSR count). The van der Waals surface area contributed by atoms with Crippen molar-refractivity contribution in [2.45, 2.75) is 18.6 Å². The molecular formula is C13H15BrFNO3. The molecular weight excluding hydrogens is 317 g/mol. The molecule has 0 spiro atoms. The zero-order valence-corrected chi connectivity index (χ0v) is 12.1. The lowest BCUT2D eigenvalue weighted by molar-refractivity contribution is 0.0647. The highest BCUT2D eigenvalue weighted by atomic mass is 79.9. The molecule has 2 atom stereocenters. The summed E-state index contributed by atoms with van der Waals surface area (Å²) in [4.78, 5) is 14.0. The van der Waals surface area contributed by atoms with Gasteiger partial charge in [-0.05, 0) is 40.5 Å². The number of benzene rings is 1. The first kappa shape index (κ1) is 14.4. The van der Waals surface area contributed by atoms with Crippen LogP contribution in [0.1, 0.15) is 16.8 Å². The molecule has 4 nitrogen and oxygen atoms in total. The van der Waals surface area contributed by atoms with E-state index >= 15 is 0 Å². The Balaban J connectivity index is 2.23. The fourth-order valence-corrected chi connectivity index (χ4v) is 2.80. The topological polar surface area (TPSA) is 49.8 Å². The van der Waals surface area contributed by atoms with Crippen LogP contribution in [0.4, 0.5) is 4.39 Å². The Hall–Kier alpha value is -0.980. The van der Waals surface area contributed by atoms with Gasteiger partial charge in [0.15, 0.2) is 0 Å². The highest BCUT2D eigenvalue weighted by molar-refractivity contribution is 9.10. The quantitative estimate of drug-likeness (QED) is 0.919. The molecule has 0 saturated carbocycles. The molecule has 6 heteroatoms. The van der Waals surface area contributed by atoms with Crippen LogP contribution >= 0.6 is 15.9 Å². The van der Waals surface area contributed by atoms with Gasteiger partial charge in [-0.2, -0.15) is 0 Å². The van der Waals surface area contributed by atoms with Gasteiger partial charge < -0.3 is 14.7 Å². The molecule has 0 unspecified atom stereocenters. The third kappa shape index (κ3) is 2.96. The van der Waals surface area contributed by atoms with E-state index in [1.54, 1.807) is 12.0 Å². The smallest absolute Gasteiger partial charge is 0.255 e. The molecule has 1 aromatic rings. The molecule has 1 saturated heterocycles. The predicted octanol–water partition coefficient (Wildman–Crippen LogP) is 1.81. The largest absolute Gasteiger partial charge is 0.394 e. The zero-order valence-electron chi connectivity index (χ0n) is 10.5. The number of aliphatic hydroxyl groups excluding tert-OH is 1. The number of carbonyl (C=O) groups is 1. The van der Waals surface area contributed by atoms with Gasteiger partial charge in [0.1, 0.15) is 5.82 Å². The monoisotopic (exact) mass is 331 g/mol. The molecule has 0 aromatic heterocycles. The van der Waals surface area contributed by atoms with Gasteiger partial charge in [-0.3, -0.25) is 4.79 Å². The van der Waals surface area contributed by atoms with Crippen molar-refractivity contribution in [3.05, 3.63) is 34.1 Å². The molecule has 0 bridgehead atoms. The van der Waals surface area contributed by atoms with Gasteiger partial charge in [0.05, 0.1) is 24.3 Å². The van der Waals surface area contributed by atoms with Crippen molar-refractivity contribution in [1.29, 1.82) is 0 Å². The number of halogens is 2. The molecule has 1 heterocycles. The number of hydrogen-bond donors (Lipinski definition) is 1. The maximum Gasteiger partial charge on any atom is 0.255 e. The van der Waals surface area contributed by atoms with Crippen molar-refractivity contribution < 1.29 is 19.0 Å². The van der Waals surface area contributed by atoms with Crippen LogP contribution in [-0.2, 0) is 4.74 Å². The second kappa shape index (κ2) is 5.98. The highest BCUT2D eigenvalue weighted by Crippen LogP contribution is 2.25. The number of aliphatic hydroxyl groups is 1. The van der Waals surface area contributed by atoms with Crippen molar-refractivity contribution in [3.8, 4) is 0 Å². The lowest BCUT2D eigenvalue weighted by atomic mass is 10.1. The molecule has 1 amide bonds. The number of methoxy groups -OCH3 is 1. The van der Waals surface area contributed by atoms with Crippen LogP contribution in [-0.4, -0.2) is 48.3 Å². The zero-order chi connectivity index (χ0) is 14.0. The number of amides is 1. The molecule has 104 valence electrons. The predicted molar refractivity (Wildman–Crippen MR) is 71.4 cm³/mol. The van der Waals surface area contributed by atoms with Crippen molar-refractivity contribution in [2.75, 3.05) is 20.3 Å². The van der Waals surface area contributed by atoms with E-state index in [4.69, 9.17) is 4.74 Å². The highest BCUT2D eigenvalue weighted by Gasteiger charge is 2.35. The first-order valence-electron chi connectivity index (χ1n) is 5.96. The SMILES string of the molecule is CO[C@@H]1C[C@@H](CO)N(C(=O)c2ccc(F)cc2Br)C1. The molecule has 1 aromatic carbocycles. The Morgan fingerprint density at radius 2 is 2.37 bits per heavy atom. The van der Waals surface area contributed by atoms with Gasteiger partial charge in [-0.25, -0.2) is 4.39 Å². The second-order valence-electron chi connectivity index (χ2n) is 4.51. The Morgan fingerprint density at radius 3 is 2.95 bits per heavy atom. The number of ether oxygens (including phenoxy) is 1. The minimum Gasteiger partial charge on any atom is -0.394 e. The summed E-state index contributed by atoms with van der Waals surface area (Å²) in [6.45, 7) is 0.328. The van der Waals surface area contributed by atoms with Crippen molar-refractivity contribution in [2.24, 2.45) is 0 Å². The van der Waals surface area contributed by atoms with E-state index in [1.807, 2.05) is 0 Å². The van der Waals surface area contributed by atoms with Gasteiger partial charge in [-0.1, -0.05) is 0 Å². The third-order valence-electron chi connectivity index (χ3n) is 3.34. The van der Waals surface area contributed by atoms with E-state index in [0.29, 0.717) is 23.0 Å². The van der Waals surface area contributed by atoms with Gasteiger partial charge in [0.25, 0.3) is 5.91 Å². The van der Waals surface area contributed by atoms with E-state index in [0.717, 1.165) is 0 Å². The number of carbonyl (C=O) groups excluding carboxylic acids is 1. The molecule has 0 radical (unpaired) electrons. The average Bonchev–Trinajstić information content (AvgIpc) is 2.81. The third-order valence-corrected chi connectivity index (χ3v) is 4.00. The van der Waals surface area contributed by atoms with Gasteiger partial charge in [0.2, 0.25) is 0 Å². The molecule has 1 aliphatic rings. The van der Waals surface area contributed by atoms with Crippen LogP contribution in [0, 0.1) is 5.82 Å². The Kier molecular flexibility index (Phi) is 4.54. The summed E-state index contributed by atoms with van der Waals surface area (Å²) >= 11 is 3.19. The van der Waals surface area contributed by atoms with E-state index in [2.05, 4.69) is 15.9 Å². The summed E-state index contributed by atoms with van der Waals surface area (Å²) in [5, 5.41) is 9.34. The van der Waals surface area contributed by atoms with Gasteiger partial charge in [0, 0.05) is 18.1 Å². The summed E-state index contributed by atoms with van der Waals surface area (Å²) in [7, 11) is 1.58. The second-order valence-corrected chi connectivity index (χ2v) is 5.37. The van der Waals surface area contributed by atoms with Crippen LogP contribution in [0.25, 0.3) is 0 Å². The van der Waals surface area contributed by atoms with E-state index in [-0.39, 0.29) is 24.7 Å². The van der Waals surface area contributed by atoms with Crippen molar-refractivity contribution in [1.82, 2.24) is 4.90 Å². The molecule has 1 fully saturated rings. The van der Waals surface area contributed by atoms with E-state index < -0.39 is 5.82 Å². The normalized spacial score (nSPS) is 22.8. The summed E-state index contributed by atoms with van der Waals surface area (Å²) in [6, 6.07) is 3.69. The molecule has 0 aliphatic carbocycles. The van der Waals surface area contributed by atoms with E-state index in [9.17, 15) is 14.3 Å². The number of likely N-dealkylation sites (tertiary alicyclic amines) is 1. The number of hydrogen-bond acceptors (Lipinski definition) is 3. The van der Waals surface area contributed by atoms with Crippen molar-refractivity contribution in [3.63, 3.8) is 0 Å². The Bertz CT molecular complexity index is 483. The van der Waals surface area contributed by atoms with Crippen LogP contribution in [0.3, 0.4) is 0 Å². The average molecular weight is 332 g/mol. The van der Waals surface area contributed by atoms with Crippen LogP contribution in [0.2, 0.25) is 0 Å². The Morgan fingerprint density at radius 1 is 1.63 bits per heavy atom. The molecule has 1 aliphatic heterocycles. The Labute approximate surface area is 119 Å². The standard InChI is InChI=1S/C13H15BrFNO3/c1-19-10-5-9(7-17)16(6-10)13(18)11-3-2-8(15)4-12(11)14/h2-4,9-10,17H,5-7H2,1H3/t9-,10+/m0/s1. The number of nitrogens with zero attached hydrogens (tertiary/aromatic N) is 1. The van der Waals surface area contributed by atoms with Crippen LogP contribution < -0.4 is 0 Å². The lowest BCUT2D eigenvalue weighted by Gasteiger charge is -2.23. The fraction of sp³-hybridized carbons (Fsp3) is 0.462. The summed E-state index contributed by atoms with van der Waals surface area (Å²) in [5.74, 6) is -0.635.